The van der Waals surface area contributed by atoms with Crippen LogP contribution in [0, 0.1) is 11.8 Å². The van der Waals surface area contributed by atoms with Crippen LogP contribution in [-0.4, -0.2) is 41.7 Å². The van der Waals surface area contributed by atoms with Gasteiger partial charge in [0.05, 0.1) is 0 Å². The molecule has 1 saturated carbocycles. The number of hydrogen-bond donors (Lipinski definition) is 2. The van der Waals surface area contributed by atoms with Gasteiger partial charge in [-0.2, -0.15) is 0 Å². The van der Waals surface area contributed by atoms with Gasteiger partial charge in [0, 0.05) is 13.1 Å². The molecule has 2 rings (SSSR count). The van der Waals surface area contributed by atoms with E-state index in [0.717, 1.165) is 31.5 Å². The van der Waals surface area contributed by atoms with Crippen LogP contribution in [0.15, 0.2) is 0 Å². The average molecular weight is 240 g/mol. The Morgan fingerprint density at radius 3 is 2.71 bits per heavy atom. The predicted molar refractivity (Wildman–Crippen MR) is 66.7 cm³/mol. The molecule has 0 radical (unpaired) electrons. The van der Waals surface area contributed by atoms with Gasteiger partial charge in [0.1, 0.15) is 6.04 Å². The van der Waals surface area contributed by atoms with Crippen molar-refractivity contribution >= 4 is 5.97 Å². The number of hydrogen-bond acceptors (Lipinski definition) is 3. The molecule has 1 aliphatic heterocycles. The van der Waals surface area contributed by atoms with Crippen molar-refractivity contribution < 1.29 is 9.90 Å². The Morgan fingerprint density at radius 1 is 1.29 bits per heavy atom. The molecule has 0 bridgehead atoms. The first-order chi connectivity index (χ1) is 8.16. The van der Waals surface area contributed by atoms with Gasteiger partial charge in [-0.25, -0.2) is 0 Å². The number of fused-ring (bicyclic) bond motifs is 1. The maximum Gasteiger partial charge on any atom is 0.320 e. The highest BCUT2D eigenvalue weighted by atomic mass is 16.4. The van der Waals surface area contributed by atoms with Crippen LogP contribution in [0.25, 0.3) is 0 Å². The molecule has 3 unspecified atom stereocenters. The summed E-state index contributed by atoms with van der Waals surface area (Å²) in [5.74, 6) is 0.921. The zero-order valence-corrected chi connectivity index (χ0v) is 10.5. The predicted octanol–water partition coefficient (Wildman–Crippen LogP) is 1.30. The van der Waals surface area contributed by atoms with E-state index in [1.165, 1.54) is 32.1 Å². The zero-order valence-electron chi connectivity index (χ0n) is 10.5. The summed E-state index contributed by atoms with van der Waals surface area (Å²) in [6.45, 7) is 3.14. The van der Waals surface area contributed by atoms with Gasteiger partial charge in [-0.15, -0.1) is 0 Å². The molecular formula is C13H24N2O2. The van der Waals surface area contributed by atoms with E-state index in [1.54, 1.807) is 0 Å². The van der Waals surface area contributed by atoms with Gasteiger partial charge in [-0.05, 0) is 37.6 Å². The van der Waals surface area contributed by atoms with Crippen molar-refractivity contribution in [2.24, 2.45) is 17.6 Å². The van der Waals surface area contributed by atoms with Gasteiger partial charge in [0.2, 0.25) is 0 Å². The minimum Gasteiger partial charge on any atom is -0.480 e. The van der Waals surface area contributed by atoms with Crippen LogP contribution >= 0.6 is 0 Å². The van der Waals surface area contributed by atoms with E-state index in [-0.39, 0.29) is 0 Å². The van der Waals surface area contributed by atoms with E-state index in [4.69, 9.17) is 10.8 Å². The van der Waals surface area contributed by atoms with Gasteiger partial charge in [0.15, 0.2) is 0 Å². The molecule has 1 heterocycles. The van der Waals surface area contributed by atoms with Crippen molar-refractivity contribution in [3.63, 3.8) is 0 Å². The lowest BCUT2D eigenvalue weighted by atomic mass is 9.75. The summed E-state index contributed by atoms with van der Waals surface area (Å²) >= 11 is 0. The number of piperidine rings is 1. The first-order valence-electron chi connectivity index (χ1n) is 6.87. The first kappa shape index (κ1) is 12.8. The molecule has 2 fully saturated rings. The van der Waals surface area contributed by atoms with Crippen LogP contribution in [0.2, 0.25) is 0 Å². The van der Waals surface area contributed by atoms with Gasteiger partial charge >= 0.3 is 5.97 Å². The van der Waals surface area contributed by atoms with Crippen molar-refractivity contribution in [2.75, 3.05) is 19.6 Å². The Kier molecular flexibility index (Phi) is 4.40. The number of carbonyl (C=O) groups is 1. The molecule has 1 saturated heterocycles. The third-order valence-corrected chi connectivity index (χ3v) is 4.45. The first-order valence-corrected chi connectivity index (χ1v) is 6.87. The number of nitrogens with zero attached hydrogens (tertiary/aromatic N) is 1. The van der Waals surface area contributed by atoms with Crippen LogP contribution in [0.5, 0.6) is 0 Å². The quantitative estimate of drug-likeness (QED) is 0.777. The summed E-state index contributed by atoms with van der Waals surface area (Å²) in [6, 6.07) is -0.695. The smallest absolute Gasteiger partial charge is 0.320 e. The number of likely N-dealkylation sites (tertiary alicyclic amines) is 1. The molecule has 0 spiro atoms. The molecule has 0 aromatic heterocycles. The lowest BCUT2D eigenvalue weighted by molar-refractivity contribution is -0.138. The zero-order chi connectivity index (χ0) is 12.3. The molecule has 4 heteroatoms. The summed E-state index contributed by atoms with van der Waals surface area (Å²) in [5.41, 5.74) is 5.54. The normalized spacial score (nSPS) is 31.8. The van der Waals surface area contributed by atoms with Crippen molar-refractivity contribution in [1.82, 2.24) is 4.90 Å². The largest absolute Gasteiger partial charge is 0.480 e. The third-order valence-electron chi connectivity index (χ3n) is 4.45. The highest BCUT2D eigenvalue weighted by Crippen LogP contribution is 2.35. The number of rotatable bonds is 4. The maximum atomic E-state index is 10.7. The molecule has 98 valence electrons. The highest BCUT2D eigenvalue weighted by molar-refractivity contribution is 5.72. The Morgan fingerprint density at radius 2 is 2.00 bits per heavy atom. The summed E-state index contributed by atoms with van der Waals surface area (Å²) in [5, 5.41) is 8.76. The highest BCUT2D eigenvalue weighted by Gasteiger charge is 2.31. The van der Waals surface area contributed by atoms with Crippen LogP contribution in [0.3, 0.4) is 0 Å². The van der Waals surface area contributed by atoms with E-state index >= 15 is 0 Å². The van der Waals surface area contributed by atoms with Crippen molar-refractivity contribution in [1.29, 1.82) is 0 Å². The summed E-state index contributed by atoms with van der Waals surface area (Å²) in [4.78, 5) is 13.1. The molecule has 3 atom stereocenters. The second-order valence-corrected chi connectivity index (χ2v) is 5.63. The fraction of sp³-hybridized carbons (Fsp3) is 0.923. The van der Waals surface area contributed by atoms with Gasteiger partial charge in [-0.3, -0.25) is 4.79 Å². The number of carboxylic acid groups (broad SMARTS) is 1. The second-order valence-electron chi connectivity index (χ2n) is 5.63. The summed E-state index contributed by atoms with van der Waals surface area (Å²) in [6.07, 6.45) is 7.44. The fourth-order valence-electron chi connectivity index (χ4n) is 3.32. The van der Waals surface area contributed by atoms with Crippen LogP contribution in [0.4, 0.5) is 0 Å². The number of carboxylic acids is 1. The monoisotopic (exact) mass is 240 g/mol. The Labute approximate surface area is 103 Å². The molecule has 0 aromatic rings. The van der Waals surface area contributed by atoms with E-state index in [2.05, 4.69) is 4.90 Å². The van der Waals surface area contributed by atoms with E-state index in [9.17, 15) is 4.79 Å². The molecule has 0 aromatic carbocycles. The standard InChI is InChI=1S/C13H24N2O2/c14-12(13(16)17)6-8-15-7-5-10-3-1-2-4-11(10)9-15/h10-12H,1-9,14H2,(H,16,17). The molecule has 1 aliphatic carbocycles. The Hall–Kier alpha value is -0.610. The topological polar surface area (TPSA) is 66.6 Å². The SMILES string of the molecule is NC(CCN1CCC2CCCCC2C1)C(=O)O. The van der Waals surface area contributed by atoms with Gasteiger partial charge in [-0.1, -0.05) is 19.3 Å². The molecule has 0 amide bonds. The number of aliphatic carboxylic acids is 1. The van der Waals surface area contributed by atoms with E-state index in [1.807, 2.05) is 0 Å². The molecule has 3 N–H and O–H groups in total. The van der Waals surface area contributed by atoms with Gasteiger partial charge in [0.25, 0.3) is 0 Å². The molecule has 4 nitrogen and oxygen atoms in total. The second kappa shape index (κ2) is 5.83. The minimum atomic E-state index is -0.877. The molecular weight excluding hydrogens is 216 g/mol. The summed E-state index contributed by atoms with van der Waals surface area (Å²) in [7, 11) is 0. The van der Waals surface area contributed by atoms with E-state index < -0.39 is 12.0 Å². The van der Waals surface area contributed by atoms with Crippen LogP contribution in [0.1, 0.15) is 38.5 Å². The lowest BCUT2D eigenvalue weighted by Gasteiger charge is -2.41. The van der Waals surface area contributed by atoms with Crippen molar-refractivity contribution in [3.05, 3.63) is 0 Å². The van der Waals surface area contributed by atoms with Crippen LogP contribution in [-0.2, 0) is 4.79 Å². The average Bonchev–Trinajstić information content (AvgIpc) is 2.35. The summed E-state index contributed by atoms with van der Waals surface area (Å²) < 4.78 is 0. The Balaban J connectivity index is 1.74. The van der Waals surface area contributed by atoms with E-state index in [0.29, 0.717) is 6.42 Å². The number of nitrogens with two attached hydrogens (primary N) is 1. The van der Waals surface area contributed by atoms with Gasteiger partial charge < -0.3 is 15.7 Å². The van der Waals surface area contributed by atoms with Crippen LogP contribution < -0.4 is 5.73 Å². The van der Waals surface area contributed by atoms with Crippen molar-refractivity contribution in [3.8, 4) is 0 Å². The minimum absolute atomic E-state index is 0.576. The van der Waals surface area contributed by atoms with Crippen molar-refractivity contribution in [2.45, 2.75) is 44.6 Å². The fourth-order valence-corrected chi connectivity index (χ4v) is 3.32. The molecule has 2 aliphatic rings. The Bertz CT molecular complexity index is 270. The maximum absolute atomic E-state index is 10.7. The lowest BCUT2D eigenvalue weighted by Crippen LogP contribution is -2.44. The molecule has 17 heavy (non-hydrogen) atoms. The third kappa shape index (κ3) is 3.42.